The standard InChI is InChI=1S/C26H19Cl2N3OS/c1-16-19(18-10-5-6-13-22(18)31(16)15-17-8-3-2-4-9-17)14-23-25(32)30-26(33-23)29-21-12-7-11-20(27)24(21)28/h2-14H,15H2,1H3,(H,29,30,32)/b23-14-. The number of aliphatic imine (C=N–C) groups is 1. The van der Waals surface area contributed by atoms with Gasteiger partial charge in [0.25, 0.3) is 5.91 Å². The van der Waals surface area contributed by atoms with Gasteiger partial charge in [0.15, 0.2) is 5.17 Å². The van der Waals surface area contributed by atoms with Crippen LogP contribution in [0.15, 0.2) is 82.7 Å². The van der Waals surface area contributed by atoms with Crippen LogP contribution in [-0.2, 0) is 11.3 Å². The van der Waals surface area contributed by atoms with Gasteiger partial charge in [-0.15, -0.1) is 0 Å². The fraction of sp³-hybridized carbons (Fsp3) is 0.0769. The Bertz CT molecular complexity index is 1440. The van der Waals surface area contributed by atoms with Crippen molar-refractivity contribution in [2.75, 3.05) is 0 Å². The maximum Gasteiger partial charge on any atom is 0.264 e. The van der Waals surface area contributed by atoms with Gasteiger partial charge >= 0.3 is 0 Å². The van der Waals surface area contributed by atoms with Crippen molar-refractivity contribution in [3.63, 3.8) is 0 Å². The molecule has 0 saturated carbocycles. The van der Waals surface area contributed by atoms with Crippen molar-refractivity contribution < 1.29 is 4.79 Å². The predicted octanol–water partition coefficient (Wildman–Crippen LogP) is 7.20. The molecule has 0 bridgehead atoms. The molecule has 0 radical (unpaired) electrons. The van der Waals surface area contributed by atoms with E-state index in [0.29, 0.717) is 25.8 Å². The Kier molecular flexibility index (Phi) is 6.02. The Morgan fingerprint density at radius 1 is 1.00 bits per heavy atom. The molecule has 1 N–H and O–H groups in total. The zero-order valence-corrected chi connectivity index (χ0v) is 20.0. The Morgan fingerprint density at radius 3 is 2.58 bits per heavy atom. The van der Waals surface area contributed by atoms with Crippen molar-refractivity contribution in [3.05, 3.63) is 105 Å². The van der Waals surface area contributed by atoms with E-state index < -0.39 is 0 Å². The van der Waals surface area contributed by atoms with Crippen LogP contribution in [0, 0.1) is 6.92 Å². The van der Waals surface area contributed by atoms with E-state index in [9.17, 15) is 4.79 Å². The third kappa shape index (κ3) is 4.32. The fourth-order valence-corrected chi connectivity index (χ4v) is 5.06. The Balaban J connectivity index is 1.53. The number of nitrogens with zero attached hydrogens (tertiary/aromatic N) is 2. The van der Waals surface area contributed by atoms with Crippen LogP contribution >= 0.6 is 35.0 Å². The number of fused-ring (bicyclic) bond motifs is 1. The zero-order chi connectivity index (χ0) is 22.9. The number of halogens is 2. The van der Waals surface area contributed by atoms with Crippen molar-refractivity contribution >= 4 is 68.7 Å². The number of nitrogens with one attached hydrogen (secondary N) is 1. The molecule has 1 fully saturated rings. The average Bonchev–Trinajstić information content (AvgIpc) is 3.30. The lowest BCUT2D eigenvalue weighted by molar-refractivity contribution is -0.115. The van der Waals surface area contributed by atoms with E-state index in [1.54, 1.807) is 18.2 Å². The van der Waals surface area contributed by atoms with E-state index in [4.69, 9.17) is 23.2 Å². The average molecular weight is 492 g/mol. The highest BCUT2D eigenvalue weighted by atomic mass is 35.5. The van der Waals surface area contributed by atoms with Gasteiger partial charge in [0.05, 0.1) is 20.6 Å². The molecular formula is C26H19Cl2N3OS. The van der Waals surface area contributed by atoms with Crippen molar-refractivity contribution in [2.24, 2.45) is 4.99 Å². The third-order valence-corrected chi connectivity index (χ3v) is 7.26. The monoisotopic (exact) mass is 491 g/mol. The largest absolute Gasteiger partial charge is 0.340 e. The second-order valence-corrected chi connectivity index (χ2v) is 9.46. The van der Waals surface area contributed by atoms with Crippen LogP contribution in [0.4, 0.5) is 5.69 Å². The molecule has 7 heteroatoms. The molecule has 0 unspecified atom stereocenters. The molecule has 0 atom stereocenters. The Labute approximate surface area is 205 Å². The number of rotatable bonds is 4. The molecule has 0 spiro atoms. The van der Waals surface area contributed by atoms with Gasteiger partial charge in [-0.2, -0.15) is 0 Å². The molecule has 1 saturated heterocycles. The van der Waals surface area contributed by atoms with E-state index in [-0.39, 0.29) is 5.91 Å². The highest BCUT2D eigenvalue weighted by Crippen LogP contribution is 2.36. The lowest BCUT2D eigenvalue weighted by Crippen LogP contribution is -2.19. The van der Waals surface area contributed by atoms with Gasteiger partial charge in [-0.1, -0.05) is 77.8 Å². The summed E-state index contributed by atoms with van der Waals surface area (Å²) in [5.41, 5.74) is 5.00. The first-order valence-corrected chi connectivity index (χ1v) is 11.9. The number of aromatic nitrogens is 1. The van der Waals surface area contributed by atoms with E-state index in [0.717, 1.165) is 28.7 Å². The van der Waals surface area contributed by atoms with E-state index in [1.807, 2.05) is 36.4 Å². The molecule has 4 aromatic rings. The summed E-state index contributed by atoms with van der Waals surface area (Å²) in [5.74, 6) is -0.184. The Hall–Kier alpha value is -2.99. The van der Waals surface area contributed by atoms with Crippen molar-refractivity contribution in [1.29, 1.82) is 0 Å². The van der Waals surface area contributed by atoms with Crippen LogP contribution in [0.1, 0.15) is 16.8 Å². The smallest absolute Gasteiger partial charge is 0.264 e. The van der Waals surface area contributed by atoms with Gasteiger partial charge in [0.2, 0.25) is 0 Å². The molecular weight excluding hydrogens is 473 g/mol. The molecule has 3 aromatic carbocycles. The number of hydrogen-bond donors (Lipinski definition) is 1. The minimum atomic E-state index is -0.184. The van der Waals surface area contributed by atoms with Crippen LogP contribution in [0.2, 0.25) is 10.0 Å². The number of thioether (sulfide) groups is 1. The third-order valence-electron chi connectivity index (χ3n) is 5.54. The number of hydrogen-bond acceptors (Lipinski definition) is 3. The summed E-state index contributed by atoms with van der Waals surface area (Å²) in [6, 6.07) is 23.9. The zero-order valence-electron chi connectivity index (χ0n) is 17.7. The minimum absolute atomic E-state index is 0.184. The lowest BCUT2D eigenvalue weighted by Gasteiger charge is -2.08. The van der Waals surface area contributed by atoms with Gasteiger partial charge < -0.3 is 9.88 Å². The number of amidine groups is 1. The van der Waals surface area contributed by atoms with Crippen molar-refractivity contribution in [3.8, 4) is 0 Å². The molecule has 33 heavy (non-hydrogen) atoms. The highest BCUT2D eigenvalue weighted by Gasteiger charge is 2.25. The van der Waals surface area contributed by atoms with E-state index >= 15 is 0 Å². The predicted molar refractivity (Wildman–Crippen MR) is 139 cm³/mol. The fourth-order valence-electron chi connectivity index (χ4n) is 3.91. The van der Waals surface area contributed by atoms with Gasteiger partial charge in [0.1, 0.15) is 0 Å². The van der Waals surface area contributed by atoms with Crippen molar-refractivity contribution in [1.82, 2.24) is 9.88 Å². The summed E-state index contributed by atoms with van der Waals surface area (Å²) >= 11 is 13.6. The summed E-state index contributed by atoms with van der Waals surface area (Å²) < 4.78 is 2.29. The summed E-state index contributed by atoms with van der Waals surface area (Å²) in [6.07, 6.45) is 1.95. The number of carbonyl (C=O) groups is 1. The topological polar surface area (TPSA) is 46.4 Å². The molecule has 1 amide bonds. The second-order valence-electron chi connectivity index (χ2n) is 7.64. The van der Waals surface area contributed by atoms with Gasteiger partial charge in [-0.25, -0.2) is 4.99 Å². The van der Waals surface area contributed by atoms with Gasteiger partial charge in [-0.05, 0) is 48.5 Å². The molecule has 1 aromatic heterocycles. The first-order chi connectivity index (χ1) is 16.0. The molecule has 164 valence electrons. The first kappa shape index (κ1) is 21.8. The van der Waals surface area contributed by atoms with Crippen LogP contribution in [0.3, 0.4) is 0 Å². The summed E-state index contributed by atoms with van der Waals surface area (Å²) in [5, 5.41) is 5.19. The van der Waals surface area contributed by atoms with Gasteiger partial charge in [-0.3, -0.25) is 4.79 Å². The van der Waals surface area contributed by atoms with Crippen LogP contribution in [-0.4, -0.2) is 15.6 Å². The molecule has 4 nitrogen and oxygen atoms in total. The molecule has 5 rings (SSSR count). The van der Waals surface area contributed by atoms with E-state index in [2.05, 4.69) is 46.1 Å². The molecule has 0 aliphatic carbocycles. The summed E-state index contributed by atoms with van der Waals surface area (Å²) in [7, 11) is 0. The van der Waals surface area contributed by atoms with E-state index in [1.165, 1.54) is 17.3 Å². The lowest BCUT2D eigenvalue weighted by atomic mass is 10.1. The van der Waals surface area contributed by atoms with Crippen LogP contribution in [0.25, 0.3) is 17.0 Å². The van der Waals surface area contributed by atoms with Crippen LogP contribution < -0.4 is 5.32 Å². The molecule has 1 aliphatic rings. The first-order valence-electron chi connectivity index (χ1n) is 10.4. The molecule has 1 aliphatic heterocycles. The van der Waals surface area contributed by atoms with Crippen molar-refractivity contribution in [2.45, 2.75) is 13.5 Å². The number of amides is 1. The van der Waals surface area contributed by atoms with Gasteiger partial charge in [0, 0.05) is 28.7 Å². The maximum atomic E-state index is 12.7. The summed E-state index contributed by atoms with van der Waals surface area (Å²) in [6.45, 7) is 2.85. The quantitative estimate of drug-likeness (QED) is 0.307. The van der Waals surface area contributed by atoms with Crippen LogP contribution in [0.5, 0.6) is 0 Å². The summed E-state index contributed by atoms with van der Waals surface area (Å²) in [4.78, 5) is 17.8. The number of carbonyl (C=O) groups excluding carboxylic acids is 1. The number of para-hydroxylation sites is 1. The minimum Gasteiger partial charge on any atom is -0.340 e. The normalized spacial score (nSPS) is 16.2. The Morgan fingerprint density at radius 2 is 1.76 bits per heavy atom. The SMILES string of the molecule is Cc1c(/C=C2\SC(=Nc3cccc(Cl)c3Cl)NC2=O)c2ccccc2n1Cc1ccccc1. The highest BCUT2D eigenvalue weighted by molar-refractivity contribution is 8.18. The molecule has 2 heterocycles. The maximum absolute atomic E-state index is 12.7. The number of benzene rings is 3. The second kappa shape index (κ2) is 9.10.